The fourth-order valence-corrected chi connectivity index (χ4v) is 3.52. The van der Waals surface area contributed by atoms with Crippen molar-refractivity contribution >= 4 is 11.6 Å². The van der Waals surface area contributed by atoms with Crippen molar-refractivity contribution in [2.24, 2.45) is 0 Å². The first kappa shape index (κ1) is 19.3. The molecule has 1 heterocycles. The molecule has 0 bridgehead atoms. The molecule has 0 N–H and O–H groups in total. The van der Waals surface area contributed by atoms with Gasteiger partial charge < -0.3 is 9.47 Å². The SMILES string of the molecule is CCC(=O)c1cc(C(=O)CCCCOC)cc2c1OCC2c1ccccc1. The first-order valence-corrected chi connectivity index (χ1v) is 9.56. The van der Waals surface area contributed by atoms with E-state index in [1.807, 2.05) is 31.2 Å². The zero-order chi connectivity index (χ0) is 19.2. The lowest BCUT2D eigenvalue weighted by atomic mass is 9.88. The monoisotopic (exact) mass is 366 g/mol. The largest absolute Gasteiger partial charge is 0.492 e. The average molecular weight is 366 g/mol. The highest BCUT2D eigenvalue weighted by Crippen LogP contribution is 2.41. The zero-order valence-electron chi connectivity index (χ0n) is 16.0. The van der Waals surface area contributed by atoms with Gasteiger partial charge in [0.25, 0.3) is 0 Å². The van der Waals surface area contributed by atoms with Crippen molar-refractivity contribution in [2.75, 3.05) is 20.3 Å². The number of ether oxygens (including phenoxy) is 2. The van der Waals surface area contributed by atoms with Crippen molar-refractivity contribution in [1.29, 1.82) is 0 Å². The number of carbonyl (C=O) groups excluding carboxylic acids is 2. The summed E-state index contributed by atoms with van der Waals surface area (Å²) in [6.45, 7) is 2.98. The number of carbonyl (C=O) groups is 2. The number of fused-ring (bicyclic) bond motifs is 1. The van der Waals surface area contributed by atoms with Gasteiger partial charge >= 0.3 is 0 Å². The Balaban J connectivity index is 1.94. The van der Waals surface area contributed by atoms with Crippen LogP contribution >= 0.6 is 0 Å². The van der Waals surface area contributed by atoms with Crippen molar-refractivity contribution in [3.05, 3.63) is 64.7 Å². The minimum absolute atomic E-state index is 0.00833. The van der Waals surface area contributed by atoms with Crippen molar-refractivity contribution in [1.82, 2.24) is 0 Å². The Morgan fingerprint density at radius 3 is 2.59 bits per heavy atom. The van der Waals surface area contributed by atoms with Gasteiger partial charge in [-0.3, -0.25) is 9.59 Å². The molecule has 1 aliphatic rings. The third-order valence-corrected chi connectivity index (χ3v) is 5.04. The van der Waals surface area contributed by atoms with Crippen LogP contribution in [0.3, 0.4) is 0 Å². The van der Waals surface area contributed by atoms with Crippen LogP contribution in [0.25, 0.3) is 0 Å². The fraction of sp³-hybridized carbons (Fsp3) is 0.391. The van der Waals surface area contributed by atoms with E-state index in [4.69, 9.17) is 9.47 Å². The highest BCUT2D eigenvalue weighted by molar-refractivity contribution is 6.04. The van der Waals surface area contributed by atoms with Gasteiger partial charge in [-0.15, -0.1) is 0 Å². The molecule has 2 aromatic rings. The van der Waals surface area contributed by atoms with E-state index in [2.05, 4.69) is 12.1 Å². The maximum absolute atomic E-state index is 12.7. The molecule has 0 radical (unpaired) electrons. The highest BCUT2D eigenvalue weighted by atomic mass is 16.5. The van der Waals surface area contributed by atoms with Crippen LogP contribution in [0.2, 0.25) is 0 Å². The molecule has 4 heteroatoms. The van der Waals surface area contributed by atoms with Crippen molar-refractivity contribution in [3.63, 3.8) is 0 Å². The summed E-state index contributed by atoms with van der Waals surface area (Å²) in [6.07, 6.45) is 2.47. The third-order valence-electron chi connectivity index (χ3n) is 5.04. The van der Waals surface area contributed by atoms with E-state index in [1.165, 1.54) is 0 Å². The third kappa shape index (κ3) is 4.28. The lowest BCUT2D eigenvalue weighted by Gasteiger charge is -2.12. The van der Waals surface area contributed by atoms with Gasteiger partial charge in [-0.2, -0.15) is 0 Å². The maximum Gasteiger partial charge on any atom is 0.166 e. The van der Waals surface area contributed by atoms with Crippen LogP contribution in [0.5, 0.6) is 5.75 Å². The Morgan fingerprint density at radius 1 is 1.11 bits per heavy atom. The predicted octanol–water partition coefficient (Wildman–Crippen LogP) is 4.80. The number of benzene rings is 2. The lowest BCUT2D eigenvalue weighted by Crippen LogP contribution is -2.06. The summed E-state index contributed by atoms with van der Waals surface area (Å²) in [5, 5.41) is 0. The van der Waals surface area contributed by atoms with Gasteiger partial charge in [-0.05, 0) is 30.5 Å². The van der Waals surface area contributed by atoms with Crippen LogP contribution in [0.4, 0.5) is 0 Å². The molecule has 1 aliphatic heterocycles. The van der Waals surface area contributed by atoms with E-state index >= 15 is 0 Å². The van der Waals surface area contributed by atoms with Crippen LogP contribution in [0.15, 0.2) is 42.5 Å². The predicted molar refractivity (Wildman–Crippen MR) is 105 cm³/mol. The molecule has 0 aliphatic carbocycles. The van der Waals surface area contributed by atoms with Gasteiger partial charge in [0, 0.05) is 43.6 Å². The summed E-state index contributed by atoms with van der Waals surface area (Å²) in [4.78, 5) is 25.2. The van der Waals surface area contributed by atoms with Gasteiger partial charge in [0.1, 0.15) is 5.75 Å². The second-order valence-electron chi connectivity index (χ2n) is 6.87. The van der Waals surface area contributed by atoms with Gasteiger partial charge in [-0.25, -0.2) is 0 Å². The number of unbranched alkanes of at least 4 members (excludes halogenated alkanes) is 1. The van der Waals surface area contributed by atoms with Gasteiger partial charge in [0.15, 0.2) is 11.6 Å². The van der Waals surface area contributed by atoms with E-state index in [0.29, 0.717) is 42.9 Å². The number of Topliss-reactive ketones (excluding diaryl/α,β-unsaturated/α-hetero) is 2. The molecular formula is C23H26O4. The smallest absolute Gasteiger partial charge is 0.166 e. The standard InChI is InChI=1S/C23H26O4/c1-3-21(24)19-14-17(22(25)11-7-8-12-26-2)13-18-20(15-27-23(18)19)16-9-5-4-6-10-16/h4-6,9-10,13-14,20H,3,7-8,11-12,15H2,1-2H3. The van der Waals surface area contributed by atoms with E-state index in [9.17, 15) is 9.59 Å². The molecule has 0 saturated heterocycles. The number of rotatable bonds is 9. The van der Waals surface area contributed by atoms with Crippen molar-refractivity contribution in [3.8, 4) is 5.75 Å². The number of hydrogen-bond acceptors (Lipinski definition) is 4. The number of hydrogen-bond donors (Lipinski definition) is 0. The Bertz CT molecular complexity index is 811. The topological polar surface area (TPSA) is 52.6 Å². The first-order valence-electron chi connectivity index (χ1n) is 9.56. The quantitative estimate of drug-likeness (QED) is 0.472. The van der Waals surface area contributed by atoms with Crippen LogP contribution in [-0.4, -0.2) is 31.9 Å². The molecule has 0 amide bonds. The van der Waals surface area contributed by atoms with Crippen LogP contribution in [0, 0.1) is 0 Å². The molecule has 27 heavy (non-hydrogen) atoms. The Kier molecular flexibility index (Phi) is 6.40. The molecule has 0 aromatic heterocycles. The molecule has 142 valence electrons. The first-order chi connectivity index (χ1) is 13.2. The minimum atomic E-state index is 0.00833. The summed E-state index contributed by atoms with van der Waals surface area (Å²) in [6, 6.07) is 13.7. The molecule has 2 aromatic carbocycles. The summed E-state index contributed by atoms with van der Waals surface area (Å²) >= 11 is 0. The van der Waals surface area contributed by atoms with E-state index in [1.54, 1.807) is 13.2 Å². The van der Waals surface area contributed by atoms with Crippen LogP contribution in [-0.2, 0) is 4.74 Å². The summed E-state index contributed by atoms with van der Waals surface area (Å²) < 4.78 is 11.0. The summed E-state index contributed by atoms with van der Waals surface area (Å²) in [5.74, 6) is 0.768. The van der Waals surface area contributed by atoms with E-state index < -0.39 is 0 Å². The number of ketones is 2. The molecule has 1 atom stereocenters. The van der Waals surface area contributed by atoms with E-state index in [-0.39, 0.29) is 17.5 Å². The maximum atomic E-state index is 12.7. The second-order valence-corrected chi connectivity index (χ2v) is 6.87. The molecular weight excluding hydrogens is 340 g/mol. The van der Waals surface area contributed by atoms with Crippen molar-refractivity contribution in [2.45, 2.75) is 38.5 Å². The Labute approximate surface area is 160 Å². The molecule has 0 fully saturated rings. The summed E-state index contributed by atoms with van der Waals surface area (Å²) in [5.41, 5.74) is 3.22. The average Bonchev–Trinajstić information content (AvgIpc) is 3.14. The van der Waals surface area contributed by atoms with E-state index in [0.717, 1.165) is 24.0 Å². The van der Waals surface area contributed by atoms with Gasteiger partial charge in [0.05, 0.1) is 12.2 Å². The minimum Gasteiger partial charge on any atom is -0.492 e. The van der Waals surface area contributed by atoms with Crippen LogP contribution in [0.1, 0.15) is 70.4 Å². The Morgan fingerprint density at radius 2 is 1.89 bits per heavy atom. The lowest BCUT2D eigenvalue weighted by molar-refractivity contribution is 0.0975. The molecule has 4 nitrogen and oxygen atoms in total. The molecule has 0 spiro atoms. The molecule has 1 unspecified atom stereocenters. The van der Waals surface area contributed by atoms with Crippen molar-refractivity contribution < 1.29 is 19.1 Å². The second kappa shape index (κ2) is 8.96. The molecule has 0 saturated carbocycles. The molecule has 3 rings (SSSR count). The fourth-order valence-electron chi connectivity index (χ4n) is 3.52. The highest BCUT2D eigenvalue weighted by Gasteiger charge is 2.31. The number of methoxy groups -OCH3 is 1. The normalized spacial score (nSPS) is 15.3. The zero-order valence-corrected chi connectivity index (χ0v) is 16.0. The van der Waals surface area contributed by atoms with Gasteiger partial charge in [-0.1, -0.05) is 37.3 Å². The summed E-state index contributed by atoms with van der Waals surface area (Å²) in [7, 11) is 1.66. The Hall–Kier alpha value is -2.46. The van der Waals surface area contributed by atoms with Crippen LogP contribution < -0.4 is 4.74 Å². The van der Waals surface area contributed by atoms with Gasteiger partial charge in [0.2, 0.25) is 0 Å².